The number of hydrogen-bond acceptors (Lipinski definition) is 3. The maximum absolute atomic E-state index is 11.9. The van der Waals surface area contributed by atoms with E-state index in [1.165, 1.54) is 0 Å². The highest BCUT2D eigenvalue weighted by molar-refractivity contribution is 14.1. The van der Waals surface area contributed by atoms with E-state index >= 15 is 0 Å². The smallest absolute Gasteiger partial charge is 0.259 e. The summed E-state index contributed by atoms with van der Waals surface area (Å²) in [5.41, 5.74) is 1.32. The molecular formula is C9H11IN2O2. The molecule has 0 radical (unpaired) electrons. The van der Waals surface area contributed by atoms with Gasteiger partial charge in [0, 0.05) is 17.0 Å². The predicted molar refractivity (Wildman–Crippen MR) is 59.7 cm³/mol. The lowest BCUT2D eigenvalue weighted by Gasteiger charge is -2.35. The van der Waals surface area contributed by atoms with Crippen LogP contribution in [0.15, 0.2) is 4.52 Å². The van der Waals surface area contributed by atoms with Crippen LogP contribution in [0.1, 0.15) is 21.8 Å². The van der Waals surface area contributed by atoms with Crippen LogP contribution in [0.25, 0.3) is 0 Å². The lowest BCUT2D eigenvalue weighted by atomic mass is 10.1. The van der Waals surface area contributed by atoms with Crippen molar-refractivity contribution in [1.29, 1.82) is 0 Å². The Kier molecular flexibility index (Phi) is 2.50. The van der Waals surface area contributed by atoms with E-state index in [4.69, 9.17) is 4.52 Å². The lowest BCUT2D eigenvalue weighted by molar-refractivity contribution is 0.0670. The number of carbonyl (C=O) groups excluding carboxylic acids is 1. The fourth-order valence-corrected chi connectivity index (χ4v) is 2.49. The monoisotopic (exact) mass is 306 g/mol. The molecular weight excluding hydrogens is 295 g/mol. The second-order valence-corrected chi connectivity index (χ2v) is 5.27. The topological polar surface area (TPSA) is 46.3 Å². The Labute approximate surface area is 95.8 Å². The van der Waals surface area contributed by atoms with Crippen LogP contribution in [-0.4, -0.2) is 33.0 Å². The molecule has 0 spiro atoms. The summed E-state index contributed by atoms with van der Waals surface area (Å²) in [6.45, 7) is 5.24. The number of alkyl halides is 1. The molecule has 0 saturated carbocycles. The van der Waals surface area contributed by atoms with Gasteiger partial charge in [-0.05, 0) is 13.8 Å². The summed E-state index contributed by atoms with van der Waals surface area (Å²) in [6.07, 6.45) is 0. The first kappa shape index (κ1) is 9.95. The van der Waals surface area contributed by atoms with Gasteiger partial charge in [-0.25, -0.2) is 0 Å². The zero-order chi connectivity index (χ0) is 10.3. The van der Waals surface area contributed by atoms with Crippen LogP contribution in [-0.2, 0) is 0 Å². The zero-order valence-electron chi connectivity index (χ0n) is 8.08. The van der Waals surface area contributed by atoms with E-state index in [1.54, 1.807) is 13.8 Å². The summed E-state index contributed by atoms with van der Waals surface area (Å²) >= 11 is 2.34. The standard InChI is InChI=1S/C9H11IN2O2/c1-5-8(6(2)14-11-5)9(13)12-3-7(10)4-12/h7H,3-4H2,1-2H3. The number of amides is 1. The number of aromatic nitrogens is 1. The number of hydrogen-bond donors (Lipinski definition) is 0. The molecule has 14 heavy (non-hydrogen) atoms. The molecule has 0 aliphatic carbocycles. The van der Waals surface area contributed by atoms with E-state index in [0.29, 0.717) is 20.9 Å². The van der Waals surface area contributed by atoms with E-state index in [9.17, 15) is 4.79 Å². The molecule has 2 rings (SSSR count). The fourth-order valence-electron chi connectivity index (χ4n) is 1.54. The highest BCUT2D eigenvalue weighted by Crippen LogP contribution is 2.22. The number of carbonyl (C=O) groups is 1. The predicted octanol–water partition coefficient (Wildman–Crippen LogP) is 1.55. The second-order valence-electron chi connectivity index (χ2n) is 3.51. The molecule has 1 amide bonds. The first-order valence-electron chi connectivity index (χ1n) is 4.46. The van der Waals surface area contributed by atoms with Gasteiger partial charge in [-0.3, -0.25) is 4.79 Å². The first-order valence-corrected chi connectivity index (χ1v) is 5.70. The van der Waals surface area contributed by atoms with Crippen molar-refractivity contribution in [3.63, 3.8) is 0 Å². The molecule has 0 aromatic carbocycles. The maximum atomic E-state index is 11.9. The van der Waals surface area contributed by atoms with Gasteiger partial charge in [-0.1, -0.05) is 27.7 Å². The number of aryl methyl sites for hydroxylation is 2. The molecule has 5 heteroatoms. The minimum absolute atomic E-state index is 0.0502. The Balaban J connectivity index is 2.19. The van der Waals surface area contributed by atoms with Crippen LogP contribution in [0.4, 0.5) is 0 Å². The van der Waals surface area contributed by atoms with Crippen molar-refractivity contribution in [2.24, 2.45) is 0 Å². The Hall–Kier alpha value is -0.590. The highest BCUT2D eigenvalue weighted by Gasteiger charge is 2.32. The van der Waals surface area contributed by atoms with Gasteiger partial charge in [0.05, 0.1) is 5.69 Å². The van der Waals surface area contributed by atoms with Crippen LogP contribution < -0.4 is 0 Å². The molecule has 2 heterocycles. The molecule has 1 saturated heterocycles. The molecule has 4 nitrogen and oxygen atoms in total. The van der Waals surface area contributed by atoms with Crippen molar-refractivity contribution in [2.45, 2.75) is 17.8 Å². The van der Waals surface area contributed by atoms with Crippen molar-refractivity contribution in [2.75, 3.05) is 13.1 Å². The third kappa shape index (κ3) is 1.53. The Bertz CT molecular complexity index is 349. The van der Waals surface area contributed by atoms with Crippen molar-refractivity contribution in [1.82, 2.24) is 10.1 Å². The molecule has 0 N–H and O–H groups in total. The molecule has 1 aliphatic rings. The summed E-state index contributed by atoms with van der Waals surface area (Å²) in [5, 5.41) is 3.77. The summed E-state index contributed by atoms with van der Waals surface area (Å²) in [6, 6.07) is 0. The van der Waals surface area contributed by atoms with Gasteiger partial charge < -0.3 is 9.42 Å². The third-order valence-corrected chi connectivity index (χ3v) is 3.16. The Morgan fingerprint density at radius 3 is 2.64 bits per heavy atom. The second kappa shape index (κ2) is 3.52. The van der Waals surface area contributed by atoms with Crippen molar-refractivity contribution in [3.8, 4) is 0 Å². The quantitative estimate of drug-likeness (QED) is 0.584. The first-order chi connectivity index (χ1) is 6.59. The zero-order valence-corrected chi connectivity index (χ0v) is 10.2. The Morgan fingerprint density at radius 2 is 2.21 bits per heavy atom. The molecule has 1 aliphatic heterocycles. The summed E-state index contributed by atoms with van der Waals surface area (Å²) in [5.74, 6) is 0.665. The van der Waals surface area contributed by atoms with Gasteiger partial charge in [0.25, 0.3) is 5.91 Å². The van der Waals surface area contributed by atoms with Crippen LogP contribution in [0.3, 0.4) is 0 Å². The van der Waals surface area contributed by atoms with Crippen LogP contribution in [0.2, 0.25) is 0 Å². The van der Waals surface area contributed by atoms with Crippen LogP contribution in [0.5, 0.6) is 0 Å². The van der Waals surface area contributed by atoms with Gasteiger partial charge in [0.1, 0.15) is 11.3 Å². The minimum atomic E-state index is 0.0502. The van der Waals surface area contributed by atoms with Gasteiger partial charge in [-0.2, -0.15) is 0 Å². The Morgan fingerprint density at radius 1 is 1.57 bits per heavy atom. The molecule has 1 aromatic heterocycles. The van der Waals surface area contributed by atoms with E-state index in [2.05, 4.69) is 27.7 Å². The van der Waals surface area contributed by atoms with Crippen molar-refractivity contribution in [3.05, 3.63) is 17.0 Å². The molecule has 0 bridgehead atoms. The summed E-state index contributed by atoms with van der Waals surface area (Å²) in [7, 11) is 0. The fraction of sp³-hybridized carbons (Fsp3) is 0.556. The molecule has 0 atom stereocenters. The van der Waals surface area contributed by atoms with E-state index < -0.39 is 0 Å². The van der Waals surface area contributed by atoms with E-state index in [-0.39, 0.29) is 5.91 Å². The minimum Gasteiger partial charge on any atom is -0.361 e. The van der Waals surface area contributed by atoms with Crippen LogP contribution in [0, 0.1) is 13.8 Å². The normalized spacial score (nSPS) is 16.9. The number of likely N-dealkylation sites (tertiary alicyclic amines) is 1. The molecule has 76 valence electrons. The van der Waals surface area contributed by atoms with Gasteiger partial charge in [-0.15, -0.1) is 0 Å². The maximum Gasteiger partial charge on any atom is 0.259 e. The SMILES string of the molecule is Cc1noc(C)c1C(=O)N1CC(I)C1. The summed E-state index contributed by atoms with van der Waals surface area (Å²) < 4.78 is 5.56. The number of rotatable bonds is 1. The van der Waals surface area contributed by atoms with Gasteiger partial charge >= 0.3 is 0 Å². The summed E-state index contributed by atoms with van der Waals surface area (Å²) in [4.78, 5) is 13.7. The molecule has 1 fully saturated rings. The number of halogens is 1. The molecule has 1 aromatic rings. The van der Waals surface area contributed by atoms with Gasteiger partial charge in [0.15, 0.2) is 0 Å². The van der Waals surface area contributed by atoms with E-state index in [0.717, 1.165) is 13.1 Å². The van der Waals surface area contributed by atoms with Crippen molar-refractivity contribution < 1.29 is 9.32 Å². The highest BCUT2D eigenvalue weighted by atomic mass is 127. The van der Waals surface area contributed by atoms with Gasteiger partial charge in [0.2, 0.25) is 0 Å². The average molecular weight is 306 g/mol. The van der Waals surface area contributed by atoms with Crippen LogP contribution >= 0.6 is 22.6 Å². The molecule has 0 unspecified atom stereocenters. The van der Waals surface area contributed by atoms with Crippen molar-refractivity contribution >= 4 is 28.5 Å². The number of nitrogens with zero attached hydrogens (tertiary/aromatic N) is 2. The third-order valence-electron chi connectivity index (χ3n) is 2.37. The largest absolute Gasteiger partial charge is 0.361 e. The average Bonchev–Trinajstić information content (AvgIpc) is 2.40. The lowest BCUT2D eigenvalue weighted by Crippen LogP contribution is -2.50. The van der Waals surface area contributed by atoms with E-state index in [1.807, 2.05) is 4.90 Å².